The fraction of sp³-hybridized carbons (Fsp3) is 0.286. The maximum absolute atomic E-state index is 12.6. The molecule has 0 fully saturated rings. The van der Waals surface area contributed by atoms with Crippen LogP contribution in [-0.2, 0) is 24.3 Å². The topological polar surface area (TPSA) is 115 Å². The molecule has 11 heteroatoms. The zero-order valence-corrected chi connectivity index (χ0v) is 19.4. The summed E-state index contributed by atoms with van der Waals surface area (Å²) in [7, 11) is -2.49. The quantitative estimate of drug-likeness (QED) is 0.471. The van der Waals surface area contributed by atoms with Gasteiger partial charge in [-0.1, -0.05) is 23.5 Å². The maximum Gasteiger partial charge on any atom is 0.324 e. The van der Waals surface area contributed by atoms with E-state index in [0.29, 0.717) is 17.4 Å². The number of fused-ring (bicyclic) bond motifs is 1. The first-order chi connectivity index (χ1) is 15.2. The van der Waals surface area contributed by atoms with Crippen molar-refractivity contribution < 1.29 is 27.5 Å². The van der Waals surface area contributed by atoms with Crippen molar-refractivity contribution in [1.82, 2.24) is 9.71 Å². The molecule has 1 atom stereocenters. The van der Waals surface area contributed by atoms with Crippen molar-refractivity contribution in [1.29, 1.82) is 0 Å². The Kier molecular flexibility index (Phi) is 7.44. The second kappa shape index (κ2) is 10.1. The fourth-order valence-electron chi connectivity index (χ4n) is 2.83. The van der Waals surface area contributed by atoms with Gasteiger partial charge in [0.2, 0.25) is 10.0 Å². The van der Waals surface area contributed by atoms with Crippen LogP contribution in [-0.4, -0.2) is 51.6 Å². The third-order valence-electron chi connectivity index (χ3n) is 4.52. The minimum atomic E-state index is -3.96. The summed E-state index contributed by atoms with van der Waals surface area (Å²) in [5.41, 5.74) is 0.775. The number of likely N-dealkylation sites (N-methyl/N-ethyl adjacent to an activating group) is 1. The van der Waals surface area contributed by atoms with E-state index in [0.717, 1.165) is 10.2 Å². The van der Waals surface area contributed by atoms with Gasteiger partial charge in [-0.2, -0.15) is 4.72 Å². The fourth-order valence-corrected chi connectivity index (χ4v) is 5.07. The highest BCUT2D eigenvalue weighted by atomic mass is 32.2. The first-order valence-electron chi connectivity index (χ1n) is 9.74. The number of benzene rings is 2. The maximum atomic E-state index is 12.6. The van der Waals surface area contributed by atoms with Crippen LogP contribution >= 0.6 is 11.3 Å². The van der Waals surface area contributed by atoms with Crippen molar-refractivity contribution in [3.05, 3.63) is 48.5 Å². The number of carbonyl (C=O) groups excluding carboxylic acids is 2. The smallest absolute Gasteiger partial charge is 0.324 e. The molecule has 1 amide bonds. The van der Waals surface area contributed by atoms with Crippen molar-refractivity contribution in [3.63, 3.8) is 0 Å². The molecule has 0 radical (unpaired) electrons. The van der Waals surface area contributed by atoms with E-state index >= 15 is 0 Å². The lowest BCUT2D eigenvalue weighted by Crippen LogP contribution is -2.41. The largest absolute Gasteiger partial charge is 0.497 e. The molecule has 3 rings (SSSR count). The van der Waals surface area contributed by atoms with E-state index < -0.39 is 34.5 Å². The zero-order chi connectivity index (χ0) is 23.3. The average Bonchev–Trinajstić information content (AvgIpc) is 3.21. The minimum Gasteiger partial charge on any atom is -0.497 e. The number of ether oxygens (including phenoxy) is 2. The lowest BCUT2D eigenvalue weighted by Gasteiger charge is -2.18. The van der Waals surface area contributed by atoms with Crippen molar-refractivity contribution >= 4 is 48.6 Å². The number of carbonyl (C=O) groups is 2. The second-order valence-electron chi connectivity index (χ2n) is 6.73. The van der Waals surface area contributed by atoms with Gasteiger partial charge in [-0.15, -0.1) is 0 Å². The van der Waals surface area contributed by atoms with E-state index in [2.05, 4.69) is 9.71 Å². The van der Waals surface area contributed by atoms with Crippen molar-refractivity contribution in [2.24, 2.45) is 0 Å². The number of aromatic nitrogens is 1. The van der Waals surface area contributed by atoms with Crippen LogP contribution in [0.1, 0.15) is 13.8 Å². The lowest BCUT2D eigenvalue weighted by atomic mass is 10.3. The van der Waals surface area contributed by atoms with Gasteiger partial charge < -0.3 is 9.47 Å². The molecule has 1 aromatic heterocycles. The van der Waals surface area contributed by atoms with Gasteiger partial charge in [0, 0.05) is 6.54 Å². The number of sulfonamides is 1. The third-order valence-corrected chi connectivity index (χ3v) is 7.14. The van der Waals surface area contributed by atoms with Crippen LogP contribution in [0.3, 0.4) is 0 Å². The highest BCUT2D eigenvalue weighted by Crippen LogP contribution is 2.28. The molecule has 3 aromatic rings. The first-order valence-corrected chi connectivity index (χ1v) is 12.0. The molecule has 1 heterocycles. The molecule has 9 nitrogen and oxygen atoms in total. The third kappa shape index (κ3) is 5.42. The molecule has 1 unspecified atom stereocenters. The van der Waals surface area contributed by atoms with Crippen LogP contribution in [0.4, 0.5) is 5.13 Å². The number of thiazole rings is 1. The van der Waals surface area contributed by atoms with Crippen LogP contribution in [0.5, 0.6) is 5.75 Å². The summed E-state index contributed by atoms with van der Waals surface area (Å²) in [5.74, 6) is -0.815. The van der Waals surface area contributed by atoms with E-state index in [1.165, 1.54) is 54.5 Å². The Hall–Kier alpha value is -3.02. The van der Waals surface area contributed by atoms with Crippen LogP contribution < -0.4 is 14.4 Å². The first kappa shape index (κ1) is 23.6. The summed E-state index contributed by atoms with van der Waals surface area (Å²) in [5, 5.41) is 0.503. The highest BCUT2D eigenvalue weighted by molar-refractivity contribution is 7.89. The Morgan fingerprint density at radius 2 is 1.84 bits per heavy atom. The van der Waals surface area contributed by atoms with Crippen LogP contribution in [0.2, 0.25) is 0 Å². The lowest BCUT2D eigenvalue weighted by molar-refractivity contribution is -0.149. The second-order valence-corrected chi connectivity index (χ2v) is 9.45. The van der Waals surface area contributed by atoms with Crippen LogP contribution in [0, 0.1) is 0 Å². The Balaban J connectivity index is 1.60. The van der Waals surface area contributed by atoms with Crippen molar-refractivity contribution in [3.8, 4) is 5.75 Å². The normalized spacial score (nSPS) is 12.3. The summed E-state index contributed by atoms with van der Waals surface area (Å²) in [6.45, 7) is 2.95. The number of amides is 1. The molecular formula is C21H23N3O6S2. The summed E-state index contributed by atoms with van der Waals surface area (Å²) in [6, 6.07) is 12.0. The van der Waals surface area contributed by atoms with Crippen LogP contribution in [0.15, 0.2) is 53.4 Å². The van der Waals surface area contributed by atoms with E-state index in [9.17, 15) is 18.0 Å². The number of nitrogens with zero attached hydrogens (tertiary/aromatic N) is 2. The molecule has 0 aliphatic rings. The number of esters is 1. The van der Waals surface area contributed by atoms with E-state index in [1.807, 2.05) is 24.3 Å². The molecule has 0 spiro atoms. The molecule has 0 saturated carbocycles. The molecule has 0 aliphatic carbocycles. The van der Waals surface area contributed by atoms with Gasteiger partial charge in [0.1, 0.15) is 11.8 Å². The van der Waals surface area contributed by atoms with Gasteiger partial charge in [-0.3, -0.25) is 14.5 Å². The van der Waals surface area contributed by atoms with Gasteiger partial charge in [0.25, 0.3) is 5.91 Å². The average molecular weight is 478 g/mol. The molecule has 170 valence electrons. The monoisotopic (exact) mass is 477 g/mol. The molecular weight excluding hydrogens is 454 g/mol. The zero-order valence-electron chi connectivity index (χ0n) is 17.8. The van der Waals surface area contributed by atoms with Gasteiger partial charge in [0.15, 0.2) is 11.7 Å². The summed E-state index contributed by atoms with van der Waals surface area (Å²) in [4.78, 5) is 30.7. The molecule has 0 aliphatic heterocycles. The van der Waals surface area contributed by atoms with Crippen LogP contribution in [0.25, 0.3) is 10.2 Å². The molecule has 1 N–H and O–H groups in total. The number of hydrogen-bond acceptors (Lipinski definition) is 8. The Morgan fingerprint density at radius 1 is 1.16 bits per heavy atom. The summed E-state index contributed by atoms with van der Waals surface area (Å²) < 4.78 is 38.2. The van der Waals surface area contributed by atoms with Gasteiger partial charge >= 0.3 is 5.97 Å². The molecule has 2 aromatic carbocycles. The molecule has 32 heavy (non-hydrogen) atoms. The summed E-state index contributed by atoms with van der Waals surface area (Å²) >= 11 is 1.36. The van der Waals surface area contributed by atoms with E-state index in [1.54, 1.807) is 6.92 Å². The summed E-state index contributed by atoms with van der Waals surface area (Å²) in [6.07, 6.45) is 0. The molecule has 0 saturated heterocycles. The Bertz CT molecular complexity index is 1170. The van der Waals surface area contributed by atoms with Gasteiger partial charge in [0.05, 0.1) is 22.2 Å². The van der Waals surface area contributed by atoms with Crippen molar-refractivity contribution in [2.45, 2.75) is 24.8 Å². The predicted octanol–water partition coefficient (Wildman–Crippen LogP) is 2.57. The Morgan fingerprint density at radius 3 is 2.47 bits per heavy atom. The number of anilines is 1. The van der Waals surface area contributed by atoms with E-state index in [-0.39, 0.29) is 4.90 Å². The van der Waals surface area contributed by atoms with Gasteiger partial charge in [-0.05, 0) is 50.2 Å². The number of para-hydroxylation sites is 1. The van der Waals surface area contributed by atoms with Gasteiger partial charge in [-0.25, -0.2) is 13.4 Å². The van der Waals surface area contributed by atoms with Crippen molar-refractivity contribution in [2.75, 3.05) is 25.2 Å². The minimum absolute atomic E-state index is 0.0259. The predicted molar refractivity (Wildman–Crippen MR) is 121 cm³/mol. The number of hydrogen-bond donors (Lipinski definition) is 1. The number of methoxy groups -OCH3 is 1. The SMILES string of the molecule is CCN(C(=O)COC(=O)C(C)NS(=O)(=O)c1ccc(OC)cc1)c1nc2ccccc2s1. The Labute approximate surface area is 190 Å². The number of nitrogens with one attached hydrogen (secondary N) is 1. The molecule has 0 bridgehead atoms. The standard InChI is InChI=1S/C21H23N3O6S2/c1-4-24(21-22-17-7-5-6-8-18(17)31-21)19(25)13-30-20(26)14(2)23-32(27,28)16-11-9-15(29-3)10-12-16/h5-12,14,23H,4,13H2,1-3H3. The highest BCUT2D eigenvalue weighted by Gasteiger charge is 2.25. The van der Waals surface area contributed by atoms with E-state index in [4.69, 9.17) is 9.47 Å². The number of rotatable bonds is 9.